The molecular weight excluding hydrogens is 305 g/mol. The molecule has 8 heteroatoms. The molecule has 3 N–H and O–H groups in total. The fourth-order valence-corrected chi connectivity index (χ4v) is 2.89. The zero-order valence-electron chi connectivity index (χ0n) is 10.8. The first-order chi connectivity index (χ1) is 9.72. The van der Waals surface area contributed by atoms with Crippen molar-refractivity contribution in [2.24, 2.45) is 0 Å². The first-order valence-electron chi connectivity index (χ1n) is 5.75. The van der Waals surface area contributed by atoms with Crippen LogP contribution in [0, 0.1) is 24.4 Å². The lowest BCUT2D eigenvalue weighted by molar-refractivity contribution is 0.449. The second-order valence-corrected chi connectivity index (χ2v) is 6.02. The van der Waals surface area contributed by atoms with Gasteiger partial charge >= 0.3 is 0 Å². The van der Waals surface area contributed by atoms with Crippen molar-refractivity contribution >= 4 is 21.4 Å². The van der Waals surface area contributed by atoms with Crippen LogP contribution in [0.5, 0.6) is 0 Å². The number of aryl methyl sites for hydroxylation is 1. The zero-order valence-corrected chi connectivity index (χ0v) is 11.6. The van der Waals surface area contributed by atoms with Gasteiger partial charge in [0, 0.05) is 0 Å². The lowest BCUT2D eigenvalue weighted by atomic mass is 10.2. The van der Waals surface area contributed by atoms with Crippen molar-refractivity contribution in [2.45, 2.75) is 11.8 Å². The van der Waals surface area contributed by atoms with E-state index >= 15 is 0 Å². The third-order valence-electron chi connectivity index (χ3n) is 2.73. The van der Waals surface area contributed by atoms with Crippen molar-refractivity contribution in [1.82, 2.24) is 0 Å². The van der Waals surface area contributed by atoms with Crippen molar-refractivity contribution in [3.8, 4) is 0 Å². The summed E-state index contributed by atoms with van der Waals surface area (Å²) in [6.45, 7) is 1.72. The summed E-state index contributed by atoms with van der Waals surface area (Å²) in [6.07, 6.45) is 0. The molecule has 0 aliphatic rings. The lowest BCUT2D eigenvalue weighted by Gasteiger charge is -2.11. The standard InChI is InChI=1S/C13H11F3N2O2S/c1-7-2-5-11(9(17)6-7)21(19,20)18-10-4-3-8(14)12(15)13(10)16/h2-6,18H,17H2,1H3. The van der Waals surface area contributed by atoms with E-state index < -0.39 is 33.2 Å². The highest BCUT2D eigenvalue weighted by atomic mass is 32.2. The highest BCUT2D eigenvalue weighted by Crippen LogP contribution is 2.25. The molecule has 2 aromatic rings. The highest BCUT2D eigenvalue weighted by molar-refractivity contribution is 7.92. The number of nitrogens with one attached hydrogen (secondary N) is 1. The highest BCUT2D eigenvalue weighted by Gasteiger charge is 2.21. The topological polar surface area (TPSA) is 72.2 Å². The van der Waals surface area contributed by atoms with Crippen LogP contribution < -0.4 is 10.5 Å². The van der Waals surface area contributed by atoms with Gasteiger partial charge in [-0.15, -0.1) is 0 Å². The number of hydrogen-bond acceptors (Lipinski definition) is 3. The van der Waals surface area contributed by atoms with Crippen LogP contribution in [0.2, 0.25) is 0 Å². The van der Waals surface area contributed by atoms with Gasteiger partial charge < -0.3 is 5.73 Å². The Morgan fingerprint density at radius 1 is 1.05 bits per heavy atom. The largest absolute Gasteiger partial charge is 0.398 e. The van der Waals surface area contributed by atoms with Gasteiger partial charge in [-0.2, -0.15) is 0 Å². The molecule has 0 heterocycles. The molecular formula is C13H11F3N2O2S. The summed E-state index contributed by atoms with van der Waals surface area (Å²) in [6, 6.07) is 5.58. The second-order valence-electron chi connectivity index (χ2n) is 4.37. The van der Waals surface area contributed by atoms with Crippen molar-refractivity contribution in [3.63, 3.8) is 0 Å². The molecule has 0 spiro atoms. The normalized spacial score (nSPS) is 11.4. The number of rotatable bonds is 3. The van der Waals surface area contributed by atoms with Gasteiger partial charge in [0.15, 0.2) is 17.5 Å². The van der Waals surface area contributed by atoms with E-state index in [1.165, 1.54) is 18.2 Å². The Balaban J connectivity index is 2.45. The molecule has 2 rings (SSSR count). The van der Waals surface area contributed by atoms with Gasteiger partial charge in [0.2, 0.25) is 0 Å². The average molecular weight is 316 g/mol. The smallest absolute Gasteiger partial charge is 0.264 e. The molecule has 21 heavy (non-hydrogen) atoms. The van der Waals surface area contributed by atoms with Crippen LogP contribution in [-0.4, -0.2) is 8.42 Å². The number of nitrogen functional groups attached to an aromatic ring is 1. The van der Waals surface area contributed by atoms with Crippen molar-refractivity contribution in [1.29, 1.82) is 0 Å². The van der Waals surface area contributed by atoms with Crippen LogP contribution in [0.15, 0.2) is 35.2 Å². The maximum absolute atomic E-state index is 13.5. The first kappa shape index (κ1) is 15.2. The average Bonchev–Trinajstić information content (AvgIpc) is 2.39. The minimum atomic E-state index is -4.22. The van der Waals surface area contributed by atoms with Gasteiger partial charge in [0.05, 0.1) is 11.4 Å². The van der Waals surface area contributed by atoms with Crippen LogP contribution in [0.3, 0.4) is 0 Å². The number of benzene rings is 2. The molecule has 0 atom stereocenters. The van der Waals surface area contributed by atoms with Crippen molar-refractivity contribution in [2.75, 3.05) is 10.5 Å². The van der Waals surface area contributed by atoms with Crippen LogP contribution >= 0.6 is 0 Å². The van der Waals surface area contributed by atoms with E-state index in [0.29, 0.717) is 6.07 Å². The molecule has 0 saturated heterocycles. The van der Waals surface area contributed by atoms with Crippen molar-refractivity contribution in [3.05, 3.63) is 53.3 Å². The number of anilines is 2. The molecule has 0 fully saturated rings. The summed E-state index contributed by atoms with van der Waals surface area (Å²) < 4.78 is 65.5. The maximum atomic E-state index is 13.5. The van der Waals surface area contributed by atoms with Crippen molar-refractivity contribution < 1.29 is 21.6 Å². The van der Waals surface area contributed by atoms with Gasteiger partial charge in [-0.3, -0.25) is 4.72 Å². The quantitative estimate of drug-likeness (QED) is 0.675. The molecule has 112 valence electrons. The van der Waals surface area contributed by atoms with Gasteiger partial charge in [-0.05, 0) is 36.8 Å². The maximum Gasteiger partial charge on any atom is 0.264 e. The Morgan fingerprint density at radius 2 is 1.71 bits per heavy atom. The van der Waals surface area contributed by atoms with E-state index in [4.69, 9.17) is 5.73 Å². The van der Waals surface area contributed by atoms with E-state index in [0.717, 1.165) is 11.6 Å². The molecule has 0 aliphatic carbocycles. The predicted molar refractivity (Wildman–Crippen MR) is 72.7 cm³/mol. The van der Waals surface area contributed by atoms with E-state index in [1.807, 2.05) is 4.72 Å². The first-order valence-corrected chi connectivity index (χ1v) is 7.23. The van der Waals surface area contributed by atoms with Crippen LogP contribution in [0.4, 0.5) is 24.5 Å². The summed E-state index contributed by atoms with van der Waals surface area (Å²) >= 11 is 0. The second kappa shape index (κ2) is 5.28. The van der Waals surface area contributed by atoms with E-state index in [1.54, 1.807) is 6.92 Å². The minimum Gasteiger partial charge on any atom is -0.398 e. The Bertz CT molecular complexity index is 807. The monoisotopic (exact) mass is 316 g/mol. The molecule has 0 aromatic heterocycles. The van der Waals surface area contributed by atoms with Gasteiger partial charge in [-0.25, -0.2) is 21.6 Å². The molecule has 0 saturated carbocycles. The Morgan fingerprint density at radius 3 is 2.33 bits per heavy atom. The summed E-state index contributed by atoms with van der Waals surface area (Å²) in [5, 5.41) is 0. The number of sulfonamides is 1. The fourth-order valence-electron chi connectivity index (χ4n) is 1.72. The van der Waals surface area contributed by atoms with Crippen LogP contribution in [0.25, 0.3) is 0 Å². The number of nitrogens with two attached hydrogens (primary N) is 1. The molecule has 4 nitrogen and oxygen atoms in total. The predicted octanol–water partition coefficient (Wildman–Crippen LogP) is 2.80. The molecule has 0 amide bonds. The molecule has 0 radical (unpaired) electrons. The Labute approximate surface area is 119 Å². The summed E-state index contributed by atoms with van der Waals surface area (Å²) in [5.41, 5.74) is 5.61. The van der Waals surface area contributed by atoms with Crippen LogP contribution in [0.1, 0.15) is 5.56 Å². The Kier molecular flexibility index (Phi) is 3.82. The minimum absolute atomic E-state index is 0.0366. The van der Waals surface area contributed by atoms with E-state index in [9.17, 15) is 21.6 Å². The summed E-state index contributed by atoms with van der Waals surface area (Å²) in [7, 11) is -4.22. The third-order valence-corrected chi connectivity index (χ3v) is 4.17. The fraction of sp³-hybridized carbons (Fsp3) is 0.0769. The zero-order chi connectivity index (χ0) is 15.8. The molecule has 0 bridgehead atoms. The number of hydrogen-bond donors (Lipinski definition) is 2. The molecule has 2 aromatic carbocycles. The van der Waals surface area contributed by atoms with E-state index in [-0.39, 0.29) is 10.6 Å². The van der Waals surface area contributed by atoms with Gasteiger partial charge in [-0.1, -0.05) is 6.07 Å². The Hall–Kier alpha value is -2.22. The van der Waals surface area contributed by atoms with Gasteiger partial charge in [0.1, 0.15) is 4.90 Å². The lowest BCUT2D eigenvalue weighted by Crippen LogP contribution is -2.16. The third kappa shape index (κ3) is 2.94. The SMILES string of the molecule is Cc1ccc(S(=O)(=O)Nc2ccc(F)c(F)c2F)c(N)c1. The summed E-state index contributed by atoms with van der Waals surface area (Å²) in [4.78, 5) is -0.280. The summed E-state index contributed by atoms with van der Waals surface area (Å²) in [5.74, 6) is -4.79. The van der Waals surface area contributed by atoms with Crippen LogP contribution in [-0.2, 0) is 10.0 Å². The number of halogens is 3. The molecule has 0 aliphatic heterocycles. The van der Waals surface area contributed by atoms with Gasteiger partial charge in [0.25, 0.3) is 10.0 Å². The molecule has 0 unspecified atom stereocenters. The van der Waals surface area contributed by atoms with E-state index in [2.05, 4.69) is 0 Å².